The van der Waals surface area contributed by atoms with E-state index in [1.54, 1.807) is 6.07 Å². The molecule has 1 aromatic rings. The Bertz CT molecular complexity index is 572. The zero-order valence-electron chi connectivity index (χ0n) is 11.5. The van der Waals surface area contributed by atoms with E-state index in [1.807, 2.05) is 17.9 Å². The summed E-state index contributed by atoms with van der Waals surface area (Å²) in [5.74, 6) is -0.126. The third-order valence-electron chi connectivity index (χ3n) is 4.60. The van der Waals surface area contributed by atoms with Gasteiger partial charge in [-0.2, -0.15) is 0 Å². The van der Waals surface area contributed by atoms with E-state index in [0.717, 1.165) is 37.9 Å². The van der Waals surface area contributed by atoms with Gasteiger partial charge in [0.05, 0.1) is 0 Å². The maximum Gasteiger partial charge on any atom is 0.261 e. The van der Waals surface area contributed by atoms with Crippen molar-refractivity contribution in [3.63, 3.8) is 0 Å². The third kappa shape index (κ3) is 2.09. The summed E-state index contributed by atoms with van der Waals surface area (Å²) in [6.07, 6.45) is 4.28. The highest BCUT2D eigenvalue weighted by Gasteiger charge is 2.40. The number of nitrogens with zero attached hydrogens (tertiary/aromatic N) is 1. The van der Waals surface area contributed by atoms with Crippen molar-refractivity contribution in [1.29, 1.82) is 0 Å². The van der Waals surface area contributed by atoms with E-state index in [2.05, 4.69) is 11.9 Å². The number of aromatic nitrogens is 1. The Morgan fingerprint density at radius 2 is 2.16 bits per heavy atom. The van der Waals surface area contributed by atoms with Gasteiger partial charge in [-0.1, -0.05) is 6.92 Å². The standard InChI is InChI=1S/C15H20N2O2/c1-10-4-3-9-17(10)14(19)11-5-6-12(16-13(11)18)15(2)7-8-15/h5-6,10H,3-4,7-9H2,1-2H3,(H,16,18)/t10-/m1/s1. The second-order valence-electron chi connectivity index (χ2n) is 6.17. The quantitative estimate of drug-likeness (QED) is 0.884. The maximum absolute atomic E-state index is 12.4. The average Bonchev–Trinajstić information content (AvgIpc) is 2.98. The van der Waals surface area contributed by atoms with Crippen LogP contribution in [0.4, 0.5) is 0 Å². The van der Waals surface area contributed by atoms with E-state index in [0.29, 0.717) is 0 Å². The molecule has 2 heterocycles. The molecule has 0 unspecified atom stereocenters. The molecule has 2 fully saturated rings. The summed E-state index contributed by atoms with van der Waals surface area (Å²) < 4.78 is 0. The van der Waals surface area contributed by atoms with E-state index >= 15 is 0 Å². The van der Waals surface area contributed by atoms with Gasteiger partial charge in [0.2, 0.25) is 0 Å². The first-order chi connectivity index (χ1) is 9.01. The van der Waals surface area contributed by atoms with Crippen molar-refractivity contribution in [2.45, 2.75) is 51.0 Å². The Kier molecular flexibility index (Phi) is 2.77. The molecule has 1 saturated carbocycles. The zero-order chi connectivity index (χ0) is 13.6. The van der Waals surface area contributed by atoms with Crippen LogP contribution in [0.1, 0.15) is 55.6 Å². The number of hydrogen-bond donors (Lipinski definition) is 1. The zero-order valence-corrected chi connectivity index (χ0v) is 11.5. The van der Waals surface area contributed by atoms with Gasteiger partial charge < -0.3 is 9.88 Å². The first kappa shape index (κ1) is 12.5. The molecule has 1 aromatic heterocycles. The van der Waals surface area contributed by atoms with Crippen LogP contribution < -0.4 is 5.56 Å². The number of aromatic amines is 1. The molecule has 1 amide bonds. The Balaban J connectivity index is 1.89. The van der Waals surface area contributed by atoms with Crippen LogP contribution in [0, 0.1) is 0 Å². The van der Waals surface area contributed by atoms with Gasteiger partial charge >= 0.3 is 0 Å². The highest BCUT2D eigenvalue weighted by atomic mass is 16.2. The lowest BCUT2D eigenvalue weighted by Crippen LogP contribution is -2.37. The predicted molar refractivity (Wildman–Crippen MR) is 73.4 cm³/mol. The molecule has 2 aliphatic rings. The summed E-state index contributed by atoms with van der Waals surface area (Å²) in [6.45, 7) is 4.94. The number of nitrogens with one attached hydrogen (secondary N) is 1. The minimum absolute atomic E-state index is 0.126. The van der Waals surface area contributed by atoms with Crippen LogP contribution in [0.5, 0.6) is 0 Å². The number of carbonyl (C=O) groups excluding carboxylic acids is 1. The smallest absolute Gasteiger partial charge is 0.261 e. The average molecular weight is 260 g/mol. The maximum atomic E-state index is 12.4. The molecule has 1 atom stereocenters. The van der Waals surface area contributed by atoms with Gasteiger partial charge in [0, 0.05) is 23.7 Å². The van der Waals surface area contributed by atoms with Crippen LogP contribution in [0.2, 0.25) is 0 Å². The van der Waals surface area contributed by atoms with Crippen LogP contribution >= 0.6 is 0 Å². The van der Waals surface area contributed by atoms with Crippen LogP contribution in [0.15, 0.2) is 16.9 Å². The molecule has 19 heavy (non-hydrogen) atoms. The van der Waals surface area contributed by atoms with Crippen LogP contribution in [-0.2, 0) is 5.41 Å². The van der Waals surface area contributed by atoms with Crippen molar-refractivity contribution in [1.82, 2.24) is 9.88 Å². The predicted octanol–water partition coefficient (Wildman–Crippen LogP) is 2.05. The fraction of sp³-hybridized carbons (Fsp3) is 0.600. The van der Waals surface area contributed by atoms with E-state index in [9.17, 15) is 9.59 Å². The monoisotopic (exact) mass is 260 g/mol. The lowest BCUT2D eigenvalue weighted by atomic mass is 10.0. The summed E-state index contributed by atoms with van der Waals surface area (Å²) in [7, 11) is 0. The highest BCUT2D eigenvalue weighted by Crippen LogP contribution is 2.46. The molecule has 0 aromatic carbocycles. The van der Waals surface area contributed by atoms with Crippen LogP contribution in [0.25, 0.3) is 0 Å². The molecule has 1 saturated heterocycles. The number of likely N-dealkylation sites (tertiary alicyclic amines) is 1. The fourth-order valence-corrected chi connectivity index (χ4v) is 2.84. The largest absolute Gasteiger partial charge is 0.336 e. The summed E-state index contributed by atoms with van der Waals surface area (Å²) >= 11 is 0. The fourth-order valence-electron chi connectivity index (χ4n) is 2.84. The minimum Gasteiger partial charge on any atom is -0.336 e. The second kappa shape index (κ2) is 4.22. The summed E-state index contributed by atoms with van der Waals surface area (Å²) in [4.78, 5) is 29.2. The topological polar surface area (TPSA) is 53.2 Å². The van der Waals surface area contributed by atoms with Crippen molar-refractivity contribution in [2.75, 3.05) is 6.54 Å². The molecule has 102 valence electrons. The highest BCUT2D eigenvalue weighted by molar-refractivity contribution is 5.94. The molecular weight excluding hydrogens is 240 g/mol. The van der Waals surface area contributed by atoms with Crippen LogP contribution in [0.3, 0.4) is 0 Å². The molecule has 3 rings (SSSR count). The molecule has 0 radical (unpaired) electrons. The third-order valence-corrected chi connectivity index (χ3v) is 4.60. The summed E-state index contributed by atoms with van der Waals surface area (Å²) in [5, 5.41) is 0. The SMILES string of the molecule is C[C@@H]1CCCN1C(=O)c1ccc(C2(C)CC2)[nH]c1=O. The van der Waals surface area contributed by atoms with Gasteiger partial charge in [-0.05, 0) is 44.7 Å². The van der Waals surface area contributed by atoms with Crippen LogP contribution in [-0.4, -0.2) is 28.4 Å². The van der Waals surface area contributed by atoms with E-state index in [-0.39, 0.29) is 28.5 Å². The van der Waals surface area contributed by atoms with Gasteiger partial charge in [0.15, 0.2) is 0 Å². The van der Waals surface area contributed by atoms with E-state index < -0.39 is 0 Å². The van der Waals surface area contributed by atoms with E-state index in [4.69, 9.17) is 0 Å². The minimum atomic E-state index is -0.241. The number of amides is 1. The van der Waals surface area contributed by atoms with Crippen molar-refractivity contribution in [2.24, 2.45) is 0 Å². The van der Waals surface area contributed by atoms with Crippen molar-refractivity contribution in [3.05, 3.63) is 33.7 Å². The van der Waals surface area contributed by atoms with Gasteiger partial charge in [-0.3, -0.25) is 9.59 Å². The lowest BCUT2D eigenvalue weighted by Gasteiger charge is -2.21. The summed E-state index contributed by atoms with van der Waals surface area (Å²) in [5.41, 5.74) is 1.13. The van der Waals surface area contributed by atoms with Gasteiger partial charge in [-0.25, -0.2) is 0 Å². The molecule has 0 bridgehead atoms. The normalized spacial score (nSPS) is 24.5. The van der Waals surface area contributed by atoms with Gasteiger partial charge in [0.1, 0.15) is 5.56 Å². The molecule has 1 aliphatic carbocycles. The number of H-pyrrole nitrogens is 1. The first-order valence-corrected chi connectivity index (χ1v) is 7.06. The molecule has 1 aliphatic heterocycles. The van der Waals surface area contributed by atoms with E-state index in [1.165, 1.54) is 0 Å². The number of rotatable bonds is 2. The lowest BCUT2D eigenvalue weighted by molar-refractivity contribution is 0.0745. The number of carbonyl (C=O) groups is 1. The molecule has 4 heteroatoms. The van der Waals surface area contributed by atoms with Crippen molar-refractivity contribution < 1.29 is 4.79 Å². The Labute approximate surface area is 112 Å². The number of hydrogen-bond acceptors (Lipinski definition) is 2. The molecule has 1 N–H and O–H groups in total. The first-order valence-electron chi connectivity index (χ1n) is 7.06. The van der Waals surface area contributed by atoms with Gasteiger partial charge in [0.25, 0.3) is 11.5 Å². The van der Waals surface area contributed by atoms with Crippen molar-refractivity contribution >= 4 is 5.91 Å². The summed E-state index contributed by atoms with van der Waals surface area (Å²) in [6, 6.07) is 3.85. The van der Waals surface area contributed by atoms with Crippen molar-refractivity contribution in [3.8, 4) is 0 Å². The Morgan fingerprint density at radius 3 is 2.68 bits per heavy atom. The molecule has 4 nitrogen and oxygen atoms in total. The second-order valence-corrected chi connectivity index (χ2v) is 6.17. The Morgan fingerprint density at radius 1 is 1.42 bits per heavy atom. The number of pyridine rings is 1. The molecular formula is C15H20N2O2. The molecule has 0 spiro atoms. The van der Waals surface area contributed by atoms with Gasteiger partial charge in [-0.15, -0.1) is 0 Å². The Hall–Kier alpha value is -1.58.